The predicted molar refractivity (Wildman–Crippen MR) is 415 cm³/mol. The molecule has 12 atom stereocenters. The molecule has 108 heavy (non-hydrogen) atoms. The van der Waals surface area contributed by atoms with Crippen molar-refractivity contribution in [1.29, 1.82) is 0 Å². The van der Waals surface area contributed by atoms with E-state index in [9.17, 15) is 19.2 Å². The Morgan fingerprint density at radius 3 is 1.57 bits per heavy atom. The first kappa shape index (κ1) is 82.4. The number of ketones is 4. The van der Waals surface area contributed by atoms with E-state index in [0.717, 1.165) is 38.0 Å². The van der Waals surface area contributed by atoms with Crippen molar-refractivity contribution >= 4 is 120 Å². The highest BCUT2D eigenvalue weighted by Crippen LogP contribution is 2.33. The number of unbranched alkanes of at least 4 members (excludes halogenated alkanes) is 3. The summed E-state index contributed by atoms with van der Waals surface area (Å²) in [7, 11) is 2.15. The number of fused-ring (bicyclic) bond motifs is 7. The highest BCUT2D eigenvalue weighted by molar-refractivity contribution is 8.76. The number of nitrogens with zero attached hydrogens (tertiary/aromatic N) is 2. The summed E-state index contributed by atoms with van der Waals surface area (Å²) < 4.78 is 0. The average Bonchev–Trinajstić information content (AvgIpc) is 1.66. The molecule has 3 aliphatic heterocycles. The number of aromatic nitrogens is 4. The number of benzene rings is 3. The number of allylic oxidation sites excluding steroid dienone is 1. The molecule has 0 saturated carbocycles. The number of imidazole rings is 1. The van der Waals surface area contributed by atoms with Crippen LogP contribution in [0.4, 0.5) is 0 Å². The van der Waals surface area contributed by atoms with Gasteiger partial charge in [-0.3, -0.25) is 62.5 Å². The minimum absolute atomic E-state index is 0.00131. The molecule has 6 heterocycles. The van der Waals surface area contributed by atoms with Gasteiger partial charge in [0, 0.05) is 151 Å². The van der Waals surface area contributed by atoms with Crippen molar-refractivity contribution in [3.05, 3.63) is 138 Å². The first-order chi connectivity index (χ1) is 52.2. The van der Waals surface area contributed by atoms with Gasteiger partial charge in [0.1, 0.15) is 59.6 Å². The van der Waals surface area contributed by atoms with Gasteiger partial charge in [0.05, 0.1) is 12.4 Å². The van der Waals surface area contributed by atoms with E-state index in [-0.39, 0.29) is 88.8 Å². The summed E-state index contributed by atoms with van der Waals surface area (Å²) in [5.41, 5.74) is 22.1. The standard InChI is InChI=1S/C78H102N16O12S2/c1-46-31-68(96)53-37-69(97)50(33-51-40-84-58-23-8-6-21-56(51)58)36-70(98)62(38-54-20-16-30-83-54)90-75(103)63(32-48-17-4-3-5-18-48)92-77(105)65(39-55-42-82-45-86-55)91-71(99)47(2)87-78(106)66(44-108-107-43-53)94-76(104)64(34-52-41-85-59-24-9-7-22-57(52)59)93-74(102)61(26-12-15-29-81)89-73(101)60(25-11-14-28-80)88-72(100)49(35-67(46)95)19-10-13-27-79/h3-9,17-18,20-24,30,40-42,45-47,49-50,53,60-66,84-85H,10-16,19,25-29,31-39,43-44,79-81H2,1-2H3,(H,82,86)(H,87,106)(H,88,100)(H,89,101)(H,90,103)(H,91,99)(H,92,105)(H,93,102)(H,94,104)/t46-,47+,49-,50-,53+,60+,61+,62+,63-,64+,65+,66+/m1/s1. The lowest BCUT2D eigenvalue weighted by Gasteiger charge is -2.28. The Balaban J connectivity index is 1.15. The van der Waals surface area contributed by atoms with E-state index in [2.05, 4.69) is 67.5 Å². The fourth-order valence-corrected chi connectivity index (χ4v) is 16.2. The van der Waals surface area contributed by atoms with E-state index in [1.807, 2.05) is 54.6 Å². The van der Waals surface area contributed by atoms with Crippen molar-refractivity contribution < 1.29 is 57.5 Å². The first-order valence-corrected chi connectivity index (χ1v) is 39.9. The molecule has 2 bridgehead atoms. The third-order valence-electron chi connectivity index (χ3n) is 20.1. The van der Waals surface area contributed by atoms with E-state index >= 15 is 38.4 Å². The van der Waals surface area contributed by atoms with Crippen LogP contribution in [0.2, 0.25) is 0 Å². The van der Waals surface area contributed by atoms with Crippen molar-refractivity contribution in [3.63, 3.8) is 0 Å². The van der Waals surface area contributed by atoms with Crippen LogP contribution in [0.3, 0.4) is 0 Å². The summed E-state index contributed by atoms with van der Waals surface area (Å²) in [6, 6.07) is 12.4. The molecule has 9 rings (SSSR count). The molecule has 2 saturated heterocycles. The smallest absolute Gasteiger partial charge is 0.244 e. The maximum absolute atomic E-state index is 15.7. The summed E-state index contributed by atoms with van der Waals surface area (Å²) >= 11 is 0. The molecule has 3 aromatic carbocycles. The number of para-hydroxylation sites is 2. The van der Waals surface area contributed by atoms with Crippen LogP contribution in [0.1, 0.15) is 133 Å². The summed E-state index contributed by atoms with van der Waals surface area (Å²) in [6.07, 6.45) is 11.0. The molecule has 2 fully saturated rings. The second-order valence-electron chi connectivity index (χ2n) is 28.3. The van der Waals surface area contributed by atoms with Gasteiger partial charge in [0.25, 0.3) is 0 Å². The molecular formula is C78H102N16O12S2. The van der Waals surface area contributed by atoms with Crippen molar-refractivity contribution in [1.82, 2.24) is 62.5 Å². The van der Waals surface area contributed by atoms with Crippen molar-refractivity contribution in [2.45, 2.75) is 184 Å². The summed E-state index contributed by atoms with van der Waals surface area (Å²) in [4.78, 5) is 199. The molecule has 6 aromatic rings. The van der Waals surface area contributed by atoms with Crippen LogP contribution >= 0.6 is 21.6 Å². The molecule has 578 valence electrons. The topological polar surface area (TPSA) is 452 Å². The van der Waals surface area contributed by atoms with Gasteiger partial charge in [-0.25, -0.2) is 4.98 Å². The molecule has 17 N–H and O–H groups in total. The third kappa shape index (κ3) is 24.2. The number of amides is 8. The Hall–Kier alpha value is -9.62. The SMILES string of the molecule is C[C@@H]1CC(=O)[C@@H]2CSSC[C@H](NC(=O)[C@H](Cc3c[nH]c4ccccc34)NC(=O)[C@H](CCCCN)NC(=O)[C@H](CCCCN)NC(=O)[C@H](CCCCN)CC1=O)C(=O)N[C@@H](C)C(=O)N[C@@H](Cc1cnc[nH]1)C(=O)N[C@H](Cc1ccccc1)C(=O)N[C@@H](CC1=CCC=N1)C(=O)C[C@@H](Cc1c[nH]c3ccccc13)C(=O)C2. The van der Waals surface area contributed by atoms with Crippen LogP contribution in [0, 0.1) is 23.7 Å². The number of aromatic amines is 3. The number of aliphatic imine (C=N–C) groups is 1. The minimum Gasteiger partial charge on any atom is -0.361 e. The second kappa shape index (κ2) is 41.6. The van der Waals surface area contributed by atoms with Crippen molar-refractivity contribution in [2.24, 2.45) is 45.9 Å². The van der Waals surface area contributed by atoms with Crippen LogP contribution in [-0.4, -0.2) is 176 Å². The molecule has 8 amide bonds. The number of hydrogen-bond acceptors (Lipinski definition) is 19. The number of H-pyrrole nitrogens is 3. The quantitative estimate of drug-likeness (QED) is 0.0331. The highest BCUT2D eigenvalue weighted by Gasteiger charge is 2.39. The lowest BCUT2D eigenvalue weighted by molar-refractivity contribution is -0.136. The van der Waals surface area contributed by atoms with Gasteiger partial charge in [-0.15, -0.1) is 0 Å². The molecule has 0 radical (unpaired) electrons. The van der Waals surface area contributed by atoms with E-state index in [0.29, 0.717) is 85.0 Å². The Morgan fingerprint density at radius 1 is 0.435 bits per heavy atom. The zero-order valence-electron chi connectivity index (χ0n) is 61.2. The Labute approximate surface area is 635 Å². The van der Waals surface area contributed by atoms with Gasteiger partial charge in [0.2, 0.25) is 47.3 Å². The van der Waals surface area contributed by atoms with Crippen molar-refractivity contribution in [3.8, 4) is 0 Å². The maximum atomic E-state index is 15.7. The van der Waals surface area contributed by atoms with E-state index < -0.39 is 155 Å². The number of nitrogens with two attached hydrogens (primary N) is 3. The molecule has 0 aliphatic carbocycles. The lowest BCUT2D eigenvalue weighted by atomic mass is 9.82. The van der Waals surface area contributed by atoms with Gasteiger partial charge < -0.3 is 74.7 Å². The largest absolute Gasteiger partial charge is 0.361 e. The number of nitrogens with one attached hydrogen (secondary N) is 11. The second-order valence-corrected chi connectivity index (χ2v) is 30.9. The zero-order chi connectivity index (χ0) is 77.1. The number of carbonyl (C=O) groups is 12. The van der Waals surface area contributed by atoms with Crippen LogP contribution in [-0.2, 0) is 83.2 Å². The fourth-order valence-electron chi connectivity index (χ4n) is 13.7. The van der Waals surface area contributed by atoms with Crippen LogP contribution in [0.25, 0.3) is 21.8 Å². The Morgan fingerprint density at radius 2 is 0.963 bits per heavy atom. The molecule has 0 spiro atoms. The lowest BCUT2D eigenvalue weighted by Crippen LogP contribution is -2.61. The molecule has 30 heteroatoms. The van der Waals surface area contributed by atoms with E-state index in [4.69, 9.17) is 17.2 Å². The van der Waals surface area contributed by atoms with Crippen LogP contribution in [0.15, 0.2) is 121 Å². The van der Waals surface area contributed by atoms with Crippen LogP contribution < -0.4 is 59.7 Å². The Kier molecular flexibility index (Phi) is 31.8. The summed E-state index contributed by atoms with van der Waals surface area (Å²) in [6.45, 7) is 3.76. The summed E-state index contributed by atoms with van der Waals surface area (Å²) in [5.74, 6) is -13.0. The number of hydrogen-bond donors (Lipinski definition) is 14. The molecule has 3 aromatic heterocycles. The van der Waals surface area contributed by atoms with Gasteiger partial charge in [-0.2, -0.15) is 0 Å². The predicted octanol–water partition coefficient (Wildman–Crippen LogP) is 4.41. The molecule has 3 aliphatic rings. The zero-order valence-corrected chi connectivity index (χ0v) is 62.8. The van der Waals surface area contributed by atoms with E-state index in [1.54, 1.807) is 55.9 Å². The number of Topliss-reactive ketones (excluding diaryl/α,β-unsaturated/α-hetero) is 4. The highest BCUT2D eigenvalue weighted by atomic mass is 33.1. The average molecular weight is 1520 g/mol. The van der Waals surface area contributed by atoms with Gasteiger partial charge in [0.15, 0.2) is 5.78 Å². The van der Waals surface area contributed by atoms with Crippen LogP contribution in [0.5, 0.6) is 0 Å². The Bertz CT molecular complexity index is 4160. The third-order valence-corrected chi connectivity index (χ3v) is 22.5. The van der Waals surface area contributed by atoms with Gasteiger partial charge in [-0.1, -0.05) is 108 Å². The van der Waals surface area contributed by atoms with Crippen molar-refractivity contribution in [2.75, 3.05) is 31.1 Å². The molecule has 0 unspecified atom stereocenters. The number of rotatable bonds is 22. The van der Waals surface area contributed by atoms with E-state index in [1.165, 1.54) is 19.4 Å². The minimum atomic E-state index is -1.54. The van der Waals surface area contributed by atoms with Gasteiger partial charge >= 0.3 is 0 Å². The molecular weight excluding hydrogens is 1420 g/mol. The van der Waals surface area contributed by atoms with Gasteiger partial charge in [-0.05, 0) is 113 Å². The monoisotopic (exact) mass is 1520 g/mol. The normalized spacial score (nSPS) is 25.1. The summed E-state index contributed by atoms with van der Waals surface area (Å²) in [5, 5.41) is 24.2. The number of carbonyl (C=O) groups excluding carboxylic acids is 12. The first-order valence-electron chi connectivity index (χ1n) is 37.4. The fraction of sp³-hybridized carbons (Fsp3) is 0.487. The molecule has 28 nitrogen and oxygen atoms in total. The maximum Gasteiger partial charge on any atom is 0.244 e.